The summed E-state index contributed by atoms with van der Waals surface area (Å²) in [5.74, 6) is 0.903. The van der Waals surface area contributed by atoms with Gasteiger partial charge >= 0.3 is 6.09 Å². The number of benzene rings is 2. The molecule has 0 unspecified atom stereocenters. The first-order valence-electron chi connectivity index (χ1n) is 7.80. The predicted octanol–water partition coefficient (Wildman–Crippen LogP) is 4.03. The van der Waals surface area contributed by atoms with Crippen LogP contribution in [0.5, 0.6) is 11.5 Å². The third-order valence-electron chi connectivity index (χ3n) is 3.67. The number of hydrogen-bond donors (Lipinski definition) is 1. The summed E-state index contributed by atoms with van der Waals surface area (Å²) < 4.78 is 10.8. The molecule has 124 valence electrons. The zero-order valence-corrected chi connectivity index (χ0v) is 13.5. The number of carbonyl (C=O) groups excluding carboxylic acids is 2. The Morgan fingerprint density at radius 1 is 1.17 bits per heavy atom. The highest BCUT2D eigenvalue weighted by Crippen LogP contribution is 2.39. The maximum absolute atomic E-state index is 12.9. The highest BCUT2D eigenvalue weighted by Gasteiger charge is 2.27. The number of fused-ring (bicyclic) bond motifs is 2. The number of para-hydroxylation sites is 2. The molecule has 2 amide bonds. The molecule has 6 heteroatoms. The van der Waals surface area contributed by atoms with Gasteiger partial charge in [0.05, 0.1) is 17.9 Å². The highest BCUT2D eigenvalue weighted by molar-refractivity contribution is 6.10. The van der Waals surface area contributed by atoms with E-state index in [0.29, 0.717) is 29.3 Å². The van der Waals surface area contributed by atoms with Gasteiger partial charge in [-0.2, -0.15) is 0 Å². The Hall–Kier alpha value is -3.02. The molecule has 6 nitrogen and oxygen atoms in total. The van der Waals surface area contributed by atoms with E-state index in [0.717, 1.165) is 5.69 Å². The predicted molar refractivity (Wildman–Crippen MR) is 91.0 cm³/mol. The second kappa shape index (κ2) is 6.62. The van der Waals surface area contributed by atoms with Gasteiger partial charge in [0.1, 0.15) is 5.75 Å². The largest absolute Gasteiger partial charge is 0.454 e. The van der Waals surface area contributed by atoms with Crippen LogP contribution in [0.3, 0.4) is 0 Å². The van der Waals surface area contributed by atoms with Crippen molar-refractivity contribution in [3.63, 3.8) is 0 Å². The number of anilines is 2. The number of ether oxygens (including phenoxy) is 2. The van der Waals surface area contributed by atoms with Crippen LogP contribution in [-0.2, 0) is 4.74 Å². The van der Waals surface area contributed by atoms with Crippen molar-refractivity contribution in [3.05, 3.63) is 48.0 Å². The molecule has 0 bridgehead atoms. The molecule has 1 heterocycles. The minimum atomic E-state index is -0.560. The van der Waals surface area contributed by atoms with Crippen LogP contribution >= 0.6 is 0 Å². The van der Waals surface area contributed by atoms with Crippen LogP contribution in [0.4, 0.5) is 16.2 Å². The van der Waals surface area contributed by atoms with Crippen LogP contribution < -0.4 is 15.0 Å². The minimum Gasteiger partial charge on any atom is -0.454 e. The van der Waals surface area contributed by atoms with Crippen LogP contribution in [0, 0.1) is 0 Å². The monoisotopic (exact) mass is 326 g/mol. The molecule has 0 radical (unpaired) electrons. The molecule has 0 fully saturated rings. The number of nitrogens with one attached hydrogen (secondary N) is 1. The Labute approximate surface area is 140 Å². The lowest BCUT2D eigenvalue weighted by Gasteiger charge is -2.19. The van der Waals surface area contributed by atoms with Gasteiger partial charge in [-0.25, -0.2) is 4.79 Å². The highest BCUT2D eigenvalue weighted by atomic mass is 16.5. The summed E-state index contributed by atoms with van der Waals surface area (Å²) in [6.45, 7) is 4.41. The van der Waals surface area contributed by atoms with Gasteiger partial charge in [0, 0.05) is 12.2 Å². The van der Waals surface area contributed by atoms with Gasteiger partial charge in [-0.05, 0) is 44.2 Å². The molecular weight excluding hydrogens is 308 g/mol. The van der Waals surface area contributed by atoms with E-state index in [1.165, 1.54) is 0 Å². The topological polar surface area (TPSA) is 67.9 Å². The van der Waals surface area contributed by atoms with Gasteiger partial charge in [0.25, 0.3) is 5.91 Å². The summed E-state index contributed by atoms with van der Waals surface area (Å²) in [6, 6.07) is 12.3. The lowest BCUT2D eigenvalue weighted by Crippen LogP contribution is -2.29. The van der Waals surface area contributed by atoms with E-state index in [9.17, 15) is 9.59 Å². The summed E-state index contributed by atoms with van der Waals surface area (Å²) in [7, 11) is 0. The molecule has 3 rings (SSSR count). The number of nitrogens with zero attached hydrogens (tertiary/aromatic N) is 1. The molecule has 0 aliphatic carbocycles. The number of carbonyl (C=O) groups is 2. The Balaban J connectivity index is 2.00. The van der Waals surface area contributed by atoms with Crippen LogP contribution in [0.2, 0.25) is 0 Å². The van der Waals surface area contributed by atoms with E-state index in [4.69, 9.17) is 9.47 Å². The van der Waals surface area contributed by atoms with Gasteiger partial charge in [-0.15, -0.1) is 0 Å². The molecule has 0 aromatic heterocycles. The van der Waals surface area contributed by atoms with Crippen molar-refractivity contribution in [1.82, 2.24) is 0 Å². The average molecular weight is 326 g/mol. The Kier molecular flexibility index (Phi) is 4.37. The average Bonchev–Trinajstić information content (AvgIpc) is 2.69. The van der Waals surface area contributed by atoms with Gasteiger partial charge in [0.2, 0.25) is 0 Å². The van der Waals surface area contributed by atoms with E-state index in [1.54, 1.807) is 30.0 Å². The fourth-order valence-corrected chi connectivity index (χ4v) is 2.60. The minimum absolute atomic E-state index is 0.176. The maximum Gasteiger partial charge on any atom is 0.411 e. The molecule has 1 aliphatic heterocycles. The zero-order chi connectivity index (χ0) is 17.1. The van der Waals surface area contributed by atoms with Crippen LogP contribution in [-0.4, -0.2) is 25.2 Å². The maximum atomic E-state index is 12.9. The third-order valence-corrected chi connectivity index (χ3v) is 3.67. The summed E-state index contributed by atoms with van der Waals surface area (Å²) in [6.07, 6.45) is -0.560. The SMILES string of the molecule is CCOC(=O)Nc1ccc2c(c1)C(=O)N(CC)c1ccccc1O2. The molecule has 24 heavy (non-hydrogen) atoms. The van der Waals surface area contributed by atoms with Crippen molar-refractivity contribution in [3.8, 4) is 11.5 Å². The van der Waals surface area contributed by atoms with Crippen LogP contribution in [0.1, 0.15) is 24.2 Å². The van der Waals surface area contributed by atoms with Crippen molar-refractivity contribution in [2.45, 2.75) is 13.8 Å². The molecule has 2 aromatic carbocycles. The van der Waals surface area contributed by atoms with Crippen molar-refractivity contribution >= 4 is 23.4 Å². The van der Waals surface area contributed by atoms with Gasteiger partial charge < -0.3 is 14.4 Å². The molecule has 0 atom stereocenters. The Bertz CT molecular complexity index is 788. The van der Waals surface area contributed by atoms with Gasteiger partial charge in [-0.3, -0.25) is 10.1 Å². The first-order chi connectivity index (χ1) is 11.6. The molecule has 1 N–H and O–H groups in total. The van der Waals surface area contributed by atoms with E-state index in [-0.39, 0.29) is 12.5 Å². The summed E-state index contributed by atoms with van der Waals surface area (Å²) in [4.78, 5) is 26.1. The van der Waals surface area contributed by atoms with Gasteiger partial charge in [-0.1, -0.05) is 12.1 Å². The molecular formula is C18H18N2O4. The normalized spacial score (nSPS) is 12.6. The first-order valence-corrected chi connectivity index (χ1v) is 7.80. The third kappa shape index (κ3) is 2.90. The summed E-state index contributed by atoms with van der Waals surface area (Å²) in [5, 5.41) is 2.60. The second-order valence-electron chi connectivity index (χ2n) is 5.18. The van der Waals surface area contributed by atoms with E-state index in [1.807, 2.05) is 31.2 Å². The number of rotatable bonds is 3. The van der Waals surface area contributed by atoms with Crippen molar-refractivity contribution < 1.29 is 19.1 Å². The van der Waals surface area contributed by atoms with Crippen LogP contribution in [0.25, 0.3) is 0 Å². The lowest BCUT2D eigenvalue weighted by molar-refractivity contribution is 0.0988. The molecule has 1 aliphatic rings. The summed E-state index contributed by atoms with van der Waals surface area (Å²) in [5.41, 5.74) is 1.59. The zero-order valence-electron chi connectivity index (χ0n) is 13.5. The van der Waals surface area contributed by atoms with Crippen molar-refractivity contribution in [2.24, 2.45) is 0 Å². The molecule has 0 spiro atoms. The van der Waals surface area contributed by atoms with Crippen LogP contribution in [0.15, 0.2) is 42.5 Å². The van der Waals surface area contributed by atoms with E-state index in [2.05, 4.69) is 5.32 Å². The molecule has 0 saturated carbocycles. The summed E-state index contributed by atoms with van der Waals surface area (Å²) >= 11 is 0. The number of hydrogen-bond acceptors (Lipinski definition) is 4. The fourth-order valence-electron chi connectivity index (χ4n) is 2.60. The second-order valence-corrected chi connectivity index (χ2v) is 5.18. The smallest absolute Gasteiger partial charge is 0.411 e. The van der Waals surface area contributed by atoms with E-state index >= 15 is 0 Å². The molecule has 0 saturated heterocycles. The van der Waals surface area contributed by atoms with Gasteiger partial charge in [0.15, 0.2) is 5.75 Å². The van der Waals surface area contributed by atoms with E-state index < -0.39 is 6.09 Å². The van der Waals surface area contributed by atoms with Crippen molar-refractivity contribution in [1.29, 1.82) is 0 Å². The first kappa shape index (κ1) is 15.9. The molecule has 2 aromatic rings. The van der Waals surface area contributed by atoms with Crippen molar-refractivity contribution in [2.75, 3.05) is 23.4 Å². The Morgan fingerprint density at radius 2 is 1.96 bits per heavy atom. The number of amides is 2. The Morgan fingerprint density at radius 3 is 2.71 bits per heavy atom. The fraction of sp³-hybridized carbons (Fsp3) is 0.222. The standard InChI is InChI=1S/C18H18N2O4/c1-3-20-14-7-5-6-8-16(14)24-15-10-9-12(11-13(15)17(20)21)19-18(22)23-4-2/h5-11H,3-4H2,1-2H3,(H,19,22). The lowest BCUT2D eigenvalue weighted by atomic mass is 10.1. The quantitative estimate of drug-likeness (QED) is 0.925.